The van der Waals surface area contributed by atoms with Crippen LogP contribution in [0.25, 0.3) is 22.2 Å². The number of aliphatic hydroxyl groups is 1. The van der Waals surface area contributed by atoms with Crippen molar-refractivity contribution in [2.45, 2.75) is 48.7 Å². The number of hydrogen-bond acceptors (Lipinski definition) is 7. The lowest BCUT2D eigenvalue weighted by atomic mass is 9.93. The second kappa shape index (κ2) is 14.7. The molecule has 1 aliphatic rings. The molecular formula is C35H36F6N4O4S. The van der Waals surface area contributed by atoms with E-state index in [9.17, 15) is 44.7 Å². The Morgan fingerprint density at radius 1 is 1.00 bits per heavy atom. The molecule has 0 radical (unpaired) electrons. The lowest BCUT2D eigenvalue weighted by Gasteiger charge is -2.37. The summed E-state index contributed by atoms with van der Waals surface area (Å²) in [6, 6.07) is 12.3. The Hall–Kier alpha value is -4.05. The monoisotopic (exact) mass is 722 g/mol. The number of halogens is 6. The SMILES string of the molecule is CN(CCO)C1CCN(Cc2c(-c3cccc(C(F)(F)F)c3)nc3ccc(S(C)(=O)=O)cc3c2C(=O)N[C@H](c2ccccc2)C(F)(F)F)CC1. The number of rotatable bonds is 10. The number of carbonyl (C=O) groups excluding carboxylic acids is 1. The number of sulfone groups is 1. The highest BCUT2D eigenvalue weighted by Crippen LogP contribution is 2.38. The Morgan fingerprint density at radius 2 is 1.68 bits per heavy atom. The maximum absolute atomic E-state index is 14.5. The van der Waals surface area contributed by atoms with Gasteiger partial charge in [-0.25, -0.2) is 13.4 Å². The fourth-order valence-electron chi connectivity index (χ4n) is 6.29. The quantitative estimate of drug-likeness (QED) is 0.187. The molecule has 0 spiro atoms. The molecule has 1 fully saturated rings. The van der Waals surface area contributed by atoms with Gasteiger partial charge in [0.05, 0.1) is 33.8 Å². The minimum atomic E-state index is -4.94. The van der Waals surface area contributed by atoms with Crippen molar-refractivity contribution in [1.29, 1.82) is 0 Å². The van der Waals surface area contributed by atoms with Gasteiger partial charge in [0.1, 0.15) is 0 Å². The van der Waals surface area contributed by atoms with Crippen LogP contribution in [-0.4, -0.2) is 86.0 Å². The number of pyridine rings is 1. The van der Waals surface area contributed by atoms with Crippen molar-refractivity contribution in [1.82, 2.24) is 20.1 Å². The van der Waals surface area contributed by atoms with Crippen LogP contribution in [0.5, 0.6) is 0 Å². The molecule has 1 atom stereocenters. The number of aliphatic hydroxyl groups excluding tert-OH is 1. The van der Waals surface area contributed by atoms with Crippen LogP contribution >= 0.6 is 0 Å². The fourth-order valence-corrected chi connectivity index (χ4v) is 6.94. The highest BCUT2D eigenvalue weighted by molar-refractivity contribution is 7.90. The first-order valence-corrected chi connectivity index (χ1v) is 17.7. The number of fused-ring (bicyclic) bond motifs is 1. The number of piperidine rings is 1. The van der Waals surface area contributed by atoms with Crippen molar-refractivity contribution < 1.29 is 44.7 Å². The van der Waals surface area contributed by atoms with Crippen LogP contribution in [0.15, 0.2) is 77.7 Å². The number of nitrogens with zero attached hydrogens (tertiary/aromatic N) is 3. The van der Waals surface area contributed by atoms with E-state index in [0.717, 1.165) is 24.5 Å². The van der Waals surface area contributed by atoms with E-state index in [1.807, 2.05) is 16.8 Å². The number of carbonyl (C=O) groups is 1. The van der Waals surface area contributed by atoms with E-state index in [4.69, 9.17) is 0 Å². The van der Waals surface area contributed by atoms with Crippen molar-refractivity contribution in [2.75, 3.05) is 39.5 Å². The smallest absolute Gasteiger partial charge is 0.395 e. The molecule has 268 valence electrons. The van der Waals surface area contributed by atoms with Gasteiger partial charge in [0.25, 0.3) is 5.91 Å². The number of benzene rings is 3. The molecule has 15 heteroatoms. The van der Waals surface area contributed by atoms with Crippen LogP contribution in [0.1, 0.15) is 45.9 Å². The average molecular weight is 723 g/mol. The first-order chi connectivity index (χ1) is 23.5. The number of hydrogen-bond donors (Lipinski definition) is 2. The van der Waals surface area contributed by atoms with E-state index in [1.165, 1.54) is 54.6 Å². The zero-order valence-electron chi connectivity index (χ0n) is 27.2. The Labute approximate surface area is 285 Å². The standard InChI is InChI=1S/C35H36F6N4O4S/c1-44(17-18-46)25-13-15-45(16-14-25)21-28-30(33(47)43-32(35(39,40)41)22-7-4-3-5-8-22)27-20-26(50(2,48)49)11-12-29(27)42-31(28)23-9-6-10-24(19-23)34(36,37)38/h3-12,19-20,25,32,46H,13-18,21H2,1-2H3,(H,43,47)/t32-/m1/s1. The third-order valence-electron chi connectivity index (χ3n) is 8.93. The third-order valence-corrected chi connectivity index (χ3v) is 10.0. The predicted octanol–water partition coefficient (Wildman–Crippen LogP) is 6.25. The first kappa shape index (κ1) is 37.2. The largest absolute Gasteiger partial charge is 0.416 e. The molecule has 1 aromatic heterocycles. The molecule has 3 aromatic carbocycles. The summed E-state index contributed by atoms with van der Waals surface area (Å²) in [5, 5.41) is 11.4. The molecule has 4 aromatic rings. The molecule has 2 heterocycles. The third kappa shape index (κ3) is 8.45. The lowest BCUT2D eigenvalue weighted by molar-refractivity contribution is -0.155. The van der Waals surface area contributed by atoms with Gasteiger partial charge in [0.15, 0.2) is 15.9 Å². The lowest BCUT2D eigenvalue weighted by Crippen LogP contribution is -2.44. The summed E-state index contributed by atoms with van der Waals surface area (Å²) in [6.07, 6.45) is -7.45. The molecule has 5 rings (SSSR count). The van der Waals surface area contributed by atoms with Gasteiger partial charge in [0.2, 0.25) is 0 Å². The van der Waals surface area contributed by atoms with Crippen LogP contribution in [0.4, 0.5) is 26.3 Å². The minimum absolute atomic E-state index is 0.00585. The molecule has 0 aliphatic carbocycles. The number of likely N-dealkylation sites (N-methyl/N-ethyl adjacent to an activating group) is 1. The average Bonchev–Trinajstić information content (AvgIpc) is 3.06. The highest BCUT2D eigenvalue weighted by Gasteiger charge is 2.43. The molecule has 50 heavy (non-hydrogen) atoms. The van der Waals surface area contributed by atoms with Gasteiger partial charge in [-0.1, -0.05) is 42.5 Å². The topological polar surface area (TPSA) is 103 Å². The molecule has 0 unspecified atom stereocenters. The van der Waals surface area contributed by atoms with E-state index in [1.54, 1.807) is 0 Å². The van der Waals surface area contributed by atoms with Crippen molar-refractivity contribution in [2.24, 2.45) is 0 Å². The summed E-state index contributed by atoms with van der Waals surface area (Å²) in [4.78, 5) is 22.7. The predicted molar refractivity (Wildman–Crippen MR) is 176 cm³/mol. The Bertz CT molecular complexity index is 1950. The van der Waals surface area contributed by atoms with Gasteiger partial charge >= 0.3 is 12.4 Å². The van der Waals surface area contributed by atoms with Gasteiger partial charge in [0, 0.05) is 41.9 Å². The maximum atomic E-state index is 14.5. The molecule has 0 bridgehead atoms. The van der Waals surface area contributed by atoms with Gasteiger partial charge in [-0.15, -0.1) is 0 Å². The molecule has 8 nitrogen and oxygen atoms in total. The number of amides is 1. The number of likely N-dealkylation sites (tertiary alicyclic amines) is 1. The van der Waals surface area contributed by atoms with E-state index in [0.29, 0.717) is 32.5 Å². The molecule has 1 amide bonds. The van der Waals surface area contributed by atoms with Crippen LogP contribution < -0.4 is 5.32 Å². The van der Waals surface area contributed by atoms with Crippen molar-refractivity contribution in [3.8, 4) is 11.3 Å². The Kier molecular flexibility index (Phi) is 10.9. The number of nitrogens with one attached hydrogen (secondary N) is 1. The van der Waals surface area contributed by atoms with Gasteiger partial charge in [-0.2, -0.15) is 26.3 Å². The van der Waals surface area contributed by atoms with Crippen molar-refractivity contribution in [3.05, 3.63) is 95.1 Å². The minimum Gasteiger partial charge on any atom is -0.395 e. The zero-order chi connectivity index (χ0) is 36.4. The summed E-state index contributed by atoms with van der Waals surface area (Å²) in [6.45, 7) is 1.25. The molecule has 1 aliphatic heterocycles. The first-order valence-electron chi connectivity index (χ1n) is 15.8. The molecular weight excluding hydrogens is 686 g/mol. The van der Waals surface area contributed by atoms with Crippen LogP contribution in [-0.2, 0) is 22.6 Å². The zero-order valence-corrected chi connectivity index (χ0v) is 28.0. The van der Waals surface area contributed by atoms with Crippen LogP contribution in [0.2, 0.25) is 0 Å². The number of aromatic nitrogens is 1. The summed E-state index contributed by atoms with van der Waals surface area (Å²) in [5.74, 6) is -1.20. The summed E-state index contributed by atoms with van der Waals surface area (Å²) in [7, 11) is -1.99. The number of alkyl halides is 6. The second-order valence-electron chi connectivity index (χ2n) is 12.4. The summed E-state index contributed by atoms with van der Waals surface area (Å²) in [5.41, 5.74) is -1.58. The maximum Gasteiger partial charge on any atom is 0.416 e. The van der Waals surface area contributed by atoms with Crippen molar-refractivity contribution >= 4 is 26.6 Å². The molecule has 1 saturated heterocycles. The van der Waals surface area contributed by atoms with Gasteiger partial charge in [-0.3, -0.25) is 9.69 Å². The van der Waals surface area contributed by atoms with Crippen molar-refractivity contribution in [3.63, 3.8) is 0 Å². The Morgan fingerprint density at radius 3 is 2.28 bits per heavy atom. The summed E-state index contributed by atoms with van der Waals surface area (Å²) >= 11 is 0. The molecule has 0 saturated carbocycles. The normalized spacial score (nSPS) is 15.8. The highest BCUT2D eigenvalue weighted by atomic mass is 32.2. The van der Waals surface area contributed by atoms with E-state index in [2.05, 4.69) is 10.3 Å². The van der Waals surface area contributed by atoms with Gasteiger partial charge in [-0.05, 0) is 68.9 Å². The van der Waals surface area contributed by atoms with E-state index >= 15 is 0 Å². The fraction of sp³-hybridized carbons (Fsp3) is 0.371. The van der Waals surface area contributed by atoms with E-state index < -0.39 is 39.7 Å². The molecule has 2 N–H and O–H groups in total. The van der Waals surface area contributed by atoms with Gasteiger partial charge < -0.3 is 15.3 Å². The van der Waals surface area contributed by atoms with Crippen LogP contribution in [0.3, 0.4) is 0 Å². The van der Waals surface area contributed by atoms with Crippen LogP contribution in [0, 0.1) is 0 Å². The second-order valence-corrected chi connectivity index (χ2v) is 14.4. The van der Waals surface area contributed by atoms with E-state index in [-0.39, 0.29) is 62.9 Å². The Balaban J connectivity index is 1.73. The summed E-state index contributed by atoms with van der Waals surface area (Å²) < 4.78 is 110.